The summed E-state index contributed by atoms with van der Waals surface area (Å²) in [7, 11) is 0. The van der Waals surface area contributed by atoms with Crippen LogP contribution in [0.2, 0.25) is 0 Å². The smallest absolute Gasteiger partial charge is 0.279 e. The van der Waals surface area contributed by atoms with Crippen LogP contribution in [0, 0.1) is 27.2 Å². The van der Waals surface area contributed by atoms with E-state index in [-0.39, 0.29) is 11.4 Å². The third-order valence-corrected chi connectivity index (χ3v) is 3.00. The van der Waals surface area contributed by atoms with Crippen LogP contribution in [-0.4, -0.2) is 15.0 Å². The Bertz CT molecular complexity index is 522. The number of non-ortho nitro benzene ring substituents is 1. The molecule has 0 spiro atoms. The fraction of sp³-hybridized carbons (Fsp3) is 0.400. The average Bonchev–Trinajstić information content (AvgIpc) is 2.96. The molecule has 1 aliphatic rings. The molecule has 7 nitrogen and oxygen atoms in total. The number of rotatable bonds is 3. The van der Waals surface area contributed by atoms with E-state index in [0.717, 1.165) is 6.07 Å². The molecule has 0 saturated heterocycles. The summed E-state index contributed by atoms with van der Waals surface area (Å²) in [6.07, 6.45) is 0.957. The fourth-order valence-electron chi connectivity index (χ4n) is 1.85. The highest BCUT2D eigenvalue weighted by atomic mass is 16.6. The predicted molar refractivity (Wildman–Crippen MR) is 57.6 cm³/mol. The topological polar surface area (TPSA) is 107 Å². The molecule has 0 aromatic heterocycles. The van der Waals surface area contributed by atoms with Crippen molar-refractivity contribution in [3.8, 4) is 0 Å². The summed E-state index contributed by atoms with van der Waals surface area (Å²) in [6.45, 7) is 1.49. The Morgan fingerprint density at radius 3 is 2.24 bits per heavy atom. The average molecular weight is 238 g/mol. The lowest BCUT2D eigenvalue weighted by Gasteiger charge is -2.11. The minimum atomic E-state index is -1.12. The van der Waals surface area contributed by atoms with Crippen LogP contribution in [-0.2, 0) is 5.60 Å². The van der Waals surface area contributed by atoms with Crippen molar-refractivity contribution in [1.82, 2.24) is 0 Å². The molecule has 17 heavy (non-hydrogen) atoms. The molecule has 0 aliphatic heterocycles. The van der Waals surface area contributed by atoms with Crippen molar-refractivity contribution in [2.45, 2.75) is 25.4 Å². The molecule has 0 bridgehead atoms. The zero-order valence-electron chi connectivity index (χ0n) is 9.04. The molecule has 1 aromatic rings. The second-order valence-corrected chi connectivity index (χ2v) is 4.18. The molecule has 1 aliphatic carbocycles. The third-order valence-electron chi connectivity index (χ3n) is 3.00. The van der Waals surface area contributed by atoms with E-state index in [1.54, 1.807) is 0 Å². The molecule has 0 heterocycles. The maximum Gasteiger partial charge on any atom is 0.279 e. The Kier molecular flexibility index (Phi) is 2.35. The van der Waals surface area contributed by atoms with Crippen LogP contribution in [0.3, 0.4) is 0 Å². The summed E-state index contributed by atoms with van der Waals surface area (Å²) in [5.74, 6) is 0. The van der Waals surface area contributed by atoms with Gasteiger partial charge < -0.3 is 5.11 Å². The minimum Gasteiger partial charge on any atom is -0.385 e. The molecular weight excluding hydrogens is 228 g/mol. The van der Waals surface area contributed by atoms with Crippen molar-refractivity contribution in [3.63, 3.8) is 0 Å². The highest BCUT2D eigenvalue weighted by molar-refractivity contribution is 5.56. The van der Waals surface area contributed by atoms with E-state index in [1.165, 1.54) is 13.0 Å². The Labute approximate surface area is 96.0 Å². The van der Waals surface area contributed by atoms with Gasteiger partial charge in [0.25, 0.3) is 11.4 Å². The summed E-state index contributed by atoms with van der Waals surface area (Å²) >= 11 is 0. The van der Waals surface area contributed by atoms with E-state index < -0.39 is 15.4 Å². The van der Waals surface area contributed by atoms with Gasteiger partial charge in [-0.3, -0.25) is 20.2 Å². The minimum absolute atomic E-state index is 0.290. The van der Waals surface area contributed by atoms with Crippen molar-refractivity contribution in [1.29, 1.82) is 0 Å². The van der Waals surface area contributed by atoms with Crippen LogP contribution < -0.4 is 0 Å². The van der Waals surface area contributed by atoms with Gasteiger partial charge in [-0.15, -0.1) is 0 Å². The van der Waals surface area contributed by atoms with Gasteiger partial charge in [-0.05, 0) is 19.8 Å². The SMILES string of the molecule is Cc1c([N+](=O)[O-])cc([N+](=O)[O-])cc1C1(O)CC1. The van der Waals surface area contributed by atoms with Gasteiger partial charge in [-0.25, -0.2) is 0 Å². The molecule has 90 valence electrons. The van der Waals surface area contributed by atoms with E-state index in [9.17, 15) is 25.3 Å². The summed E-state index contributed by atoms with van der Waals surface area (Å²) in [6, 6.07) is 2.14. The van der Waals surface area contributed by atoms with E-state index in [4.69, 9.17) is 0 Å². The van der Waals surface area contributed by atoms with E-state index >= 15 is 0 Å². The molecule has 1 aromatic carbocycles. The second kappa shape index (κ2) is 3.49. The Hall–Kier alpha value is -2.02. The van der Waals surface area contributed by atoms with Gasteiger partial charge in [0.2, 0.25) is 0 Å². The van der Waals surface area contributed by atoms with Gasteiger partial charge in [-0.2, -0.15) is 0 Å². The van der Waals surface area contributed by atoms with E-state index in [2.05, 4.69) is 0 Å². The lowest BCUT2D eigenvalue weighted by molar-refractivity contribution is -0.394. The number of nitro groups is 2. The predicted octanol–water partition coefficient (Wildman–Crippen LogP) is 1.79. The molecule has 1 fully saturated rings. The first-order chi connectivity index (χ1) is 7.85. The highest BCUT2D eigenvalue weighted by Crippen LogP contribution is 2.48. The maximum absolute atomic E-state index is 10.8. The fourth-order valence-corrected chi connectivity index (χ4v) is 1.85. The zero-order chi connectivity index (χ0) is 12.8. The number of benzene rings is 1. The van der Waals surface area contributed by atoms with Gasteiger partial charge in [0.05, 0.1) is 21.5 Å². The molecule has 0 amide bonds. The normalized spacial score (nSPS) is 16.6. The highest BCUT2D eigenvalue weighted by Gasteiger charge is 2.45. The van der Waals surface area contributed by atoms with Gasteiger partial charge in [0.15, 0.2) is 0 Å². The van der Waals surface area contributed by atoms with E-state index in [1.807, 2.05) is 0 Å². The molecule has 7 heteroatoms. The first-order valence-corrected chi connectivity index (χ1v) is 5.01. The van der Waals surface area contributed by atoms with Crippen LogP contribution in [0.5, 0.6) is 0 Å². The first-order valence-electron chi connectivity index (χ1n) is 5.01. The third kappa shape index (κ3) is 1.84. The maximum atomic E-state index is 10.8. The first kappa shape index (κ1) is 11.5. The number of aliphatic hydroxyl groups is 1. The van der Waals surface area contributed by atoms with Crippen LogP contribution in [0.4, 0.5) is 11.4 Å². The number of nitro benzene ring substituents is 2. The molecule has 2 rings (SSSR count). The Morgan fingerprint density at radius 1 is 1.24 bits per heavy atom. The largest absolute Gasteiger partial charge is 0.385 e. The quantitative estimate of drug-likeness (QED) is 0.638. The lowest BCUT2D eigenvalue weighted by Crippen LogP contribution is -2.09. The standard InChI is InChI=1S/C10H10N2O5/c1-6-8(10(13)2-3-10)4-7(11(14)15)5-9(6)12(16)17/h4-5,13H,2-3H2,1H3. The summed E-state index contributed by atoms with van der Waals surface area (Å²) < 4.78 is 0. The van der Waals surface area contributed by atoms with Crippen molar-refractivity contribution < 1.29 is 15.0 Å². The molecule has 0 radical (unpaired) electrons. The van der Waals surface area contributed by atoms with Gasteiger partial charge in [0, 0.05) is 17.2 Å². The van der Waals surface area contributed by atoms with Crippen molar-refractivity contribution in [2.24, 2.45) is 0 Å². The van der Waals surface area contributed by atoms with Crippen molar-refractivity contribution in [2.75, 3.05) is 0 Å². The summed E-state index contributed by atoms with van der Waals surface area (Å²) in [4.78, 5) is 20.1. The van der Waals surface area contributed by atoms with Crippen molar-refractivity contribution >= 4 is 11.4 Å². The van der Waals surface area contributed by atoms with Gasteiger partial charge in [0.1, 0.15) is 0 Å². The van der Waals surface area contributed by atoms with Crippen LogP contribution in [0.1, 0.15) is 24.0 Å². The molecular formula is C10H10N2O5. The van der Waals surface area contributed by atoms with Crippen LogP contribution in [0.25, 0.3) is 0 Å². The summed E-state index contributed by atoms with van der Waals surface area (Å²) in [5, 5.41) is 31.4. The second-order valence-electron chi connectivity index (χ2n) is 4.18. The molecule has 1 N–H and O–H groups in total. The van der Waals surface area contributed by atoms with Crippen LogP contribution in [0.15, 0.2) is 12.1 Å². The van der Waals surface area contributed by atoms with Gasteiger partial charge in [-0.1, -0.05) is 0 Å². The van der Waals surface area contributed by atoms with Crippen LogP contribution >= 0.6 is 0 Å². The monoisotopic (exact) mass is 238 g/mol. The summed E-state index contributed by atoms with van der Waals surface area (Å²) in [5.41, 5.74) is -1.23. The Morgan fingerprint density at radius 2 is 1.82 bits per heavy atom. The van der Waals surface area contributed by atoms with Gasteiger partial charge >= 0.3 is 0 Å². The zero-order valence-corrected chi connectivity index (χ0v) is 9.04. The molecule has 0 unspecified atom stereocenters. The number of nitrogens with zero attached hydrogens (tertiary/aromatic N) is 2. The van der Waals surface area contributed by atoms with Crippen molar-refractivity contribution in [3.05, 3.63) is 43.5 Å². The molecule has 0 atom stereocenters. The number of hydrogen-bond donors (Lipinski definition) is 1. The lowest BCUT2D eigenvalue weighted by atomic mass is 9.99. The number of hydrogen-bond acceptors (Lipinski definition) is 5. The Balaban J connectivity index is 2.66. The molecule has 1 saturated carbocycles. The van der Waals surface area contributed by atoms with E-state index in [0.29, 0.717) is 24.0 Å².